The van der Waals surface area contributed by atoms with Crippen LogP contribution < -0.4 is 16.4 Å². The lowest BCUT2D eigenvalue weighted by atomic mass is 10.1. The molecule has 2 aliphatic heterocycles. The number of hydrogen-bond donors (Lipinski definition) is 3. The highest BCUT2D eigenvalue weighted by atomic mass is 16.1. The van der Waals surface area contributed by atoms with Gasteiger partial charge in [-0.15, -0.1) is 0 Å². The number of nitrogens with one attached hydrogen (secondary N) is 2. The summed E-state index contributed by atoms with van der Waals surface area (Å²) in [7, 11) is 0. The first-order valence-electron chi connectivity index (χ1n) is 7.73. The van der Waals surface area contributed by atoms with Gasteiger partial charge in [0.05, 0.1) is 17.8 Å². The molecule has 0 radical (unpaired) electrons. The van der Waals surface area contributed by atoms with E-state index in [0.29, 0.717) is 18.4 Å². The predicted molar refractivity (Wildman–Crippen MR) is 86.5 cm³/mol. The number of hydrogen-bond acceptors (Lipinski definition) is 4. The van der Waals surface area contributed by atoms with E-state index in [0.717, 1.165) is 35.7 Å². The Balaban J connectivity index is 1.62. The summed E-state index contributed by atoms with van der Waals surface area (Å²) in [6, 6.07) is 4.49. The first kappa shape index (κ1) is 14.2. The molecule has 1 aromatic rings. The van der Waals surface area contributed by atoms with Gasteiger partial charge in [-0.1, -0.05) is 0 Å². The molecule has 1 unspecified atom stereocenters. The van der Waals surface area contributed by atoms with Gasteiger partial charge in [0, 0.05) is 24.8 Å². The smallest absolute Gasteiger partial charge is 0.228 e. The van der Waals surface area contributed by atoms with Crippen LogP contribution in [0.4, 0.5) is 17.1 Å². The minimum Gasteiger partial charge on any atom is -0.397 e. The van der Waals surface area contributed by atoms with Crippen molar-refractivity contribution in [2.75, 3.05) is 36.0 Å². The molecule has 3 rings (SSSR count). The molecular weight excluding hydrogens is 264 g/mol. The second-order valence-electron chi connectivity index (χ2n) is 6.45. The van der Waals surface area contributed by atoms with E-state index in [-0.39, 0.29) is 5.91 Å². The van der Waals surface area contributed by atoms with Crippen LogP contribution in [0.2, 0.25) is 0 Å². The molecule has 1 fully saturated rings. The molecule has 5 heteroatoms. The molecule has 114 valence electrons. The van der Waals surface area contributed by atoms with E-state index in [9.17, 15) is 4.79 Å². The second-order valence-corrected chi connectivity index (χ2v) is 6.45. The summed E-state index contributed by atoms with van der Waals surface area (Å²) in [6.07, 6.45) is 1.67. The van der Waals surface area contributed by atoms with Gasteiger partial charge >= 0.3 is 0 Å². The topological polar surface area (TPSA) is 70.4 Å². The third-order valence-electron chi connectivity index (χ3n) is 4.53. The molecule has 4 N–H and O–H groups in total. The number of amides is 1. The number of carbonyl (C=O) groups is 1. The van der Waals surface area contributed by atoms with E-state index in [1.807, 2.05) is 12.1 Å². The first-order valence-corrected chi connectivity index (χ1v) is 7.73. The van der Waals surface area contributed by atoms with Gasteiger partial charge in [-0.05, 0) is 50.4 Å². The highest BCUT2D eigenvalue weighted by Gasteiger charge is 2.24. The molecule has 2 aliphatic rings. The molecular formula is C16H24N4O. The van der Waals surface area contributed by atoms with Crippen molar-refractivity contribution in [2.45, 2.75) is 32.7 Å². The molecule has 21 heavy (non-hydrogen) atoms. The van der Waals surface area contributed by atoms with Crippen molar-refractivity contribution in [3.05, 3.63) is 17.7 Å². The van der Waals surface area contributed by atoms with E-state index in [2.05, 4.69) is 29.4 Å². The van der Waals surface area contributed by atoms with E-state index < -0.39 is 0 Å². The van der Waals surface area contributed by atoms with Gasteiger partial charge in [0.2, 0.25) is 5.91 Å². The largest absolute Gasteiger partial charge is 0.397 e. The van der Waals surface area contributed by atoms with Crippen LogP contribution in [0.1, 0.15) is 25.8 Å². The molecule has 1 aromatic carbocycles. The Hall–Kier alpha value is -1.75. The Kier molecular flexibility index (Phi) is 3.76. The molecule has 1 saturated heterocycles. The summed E-state index contributed by atoms with van der Waals surface area (Å²) in [5.41, 5.74) is 9.63. The summed E-state index contributed by atoms with van der Waals surface area (Å²) in [4.78, 5) is 13.9. The van der Waals surface area contributed by atoms with Crippen molar-refractivity contribution >= 4 is 23.0 Å². The van der Waals surface area contributed by atoms with Crippen LogP contribution in [0.15, 0.2) is 12.1 Å². The standard InChI is InChI=1S/C16H24N4O/c1-10(2)20-4-3-11(9-20)8-18-15-7-14-12(5-13(15)17)6-16(21)19-14/h5,7,10-11,18H,3-4,6,8-9,17H2,1-2H3,(H,19,21). The molecule has 5 nitrogen and oxygen atoms in total. The number of fused-ring (bicyclic) bond motifs is 1. The maximum atomic E-state index is 11.4. The quantitative estimate of drug-likeness (QED) is 0.740. The van der Waals surface area contributed by atoms with Crippen LogP contribution in [-0.2, 0) is 11.2 Å². The van der Waals surface area contributed by atoms with E-state index in [1.54, 1.807) is 0 Å². The van der Waals surface area contributed by atoms with Crippen molar-refractivity contribution in [2.24, 2.45) is 5.92 Å². The number of benzene rings is 1. The van der Waals surface area contributed by atoms with Gasteiger partial charge < -0.3 is 21.3 Å². The maximum Gasteiger partial charge on any atom is 0.228 e. The van der Waals surface area contributed by atoms with Gasteiger partial charge in [0.1, 0.15) is 0 Å². The van der Waals surface area contributed by atoms with E-state index in [1.165, 1.54) is 13.0 Å². The predicted octanol–water partition coefficient (Wildman–Crippen LogP) is 1.91. The van der Waals surface area contributed by atoms with Crippen molar-refractivity contribution in [3.63, 3.8) is 0 Å². The fourth-order valence-electron chi connectivity index (χ4n) is 3.20. The first-order chi connectivity index (χ1) is 10.0. The molecule has 2 heterocycles. The number of rotatable bonds is 4. The zero-order chi connectivity index (χ0) is 15.0. The normalized spacial score (nSPS) is 21.7. The highest BCUT2D eigenvalue weighted by molar-refractivity contribution is 6.00. The molecule has 0 saturated carbocycles. The van der Waals surface area contributed by atoms with Gasteiger partial charge in [0.15, 0.2) is 0 Å². The number of anilines is 3. The van der Waals surface area contributed by atoms with E-state index >= 15 is 0 Å². The minimum absolute atomic E-state index is 0.0462. The number of nitrogens with zero attached hydrogens (tertiary/aromatic N) is 1. The zero-order valence-electron chi connectivity index (χ0n) is 12.8. The average Bonchev–Trinajstić information content (AvgIpc) is 3.01. The Morgan fingerprint density at radius 1 is 1.48 bits per heavy atom. The SMILES string of the molecule is CC(C)N1CCC(CNc2cc3c(cc2N)CC(=O)N3)C1. The number of likely N-dealkylation sites (tertiary alicyclic amines) is 1. The van der Waals surface area contributed by atoms with Crippen LogP contribution in [-0.4, -0.2) is 36.5 Å². The van der Waals surface area contributed by atoms with Crippen LogP contribution in [0, 0.1) is 5.92 Å². The molecule has 0 aliphatic carbocycles. The lowest BCUT2D eigenvalue weighted by Gasteiger charge is -2.20. The molecule has 1 amide bonds. The van der Waals surface area contributed by atoms with Gasteiger partial charge in [0.25, 0.3) is 0 Å². The number of nitrogen functional groups attached to an aromatic ring is 1. The average molecular weight is 288 g/mol. The molecule has 0 aromatic heterocycles. The summed E-state index contributed by atoms with van der Waals surface area (Å²) in [6.45, 7) is 7.75. The van der Waals surface area contributed by atoms with Crippen molar-refractivity contribution in [1.82, 2.24) is 4.90 Å². The number of nitrogens with two attached hydrogens (primary N) is 1. The van der Waals surface area contributed by atoms with Crippen LogP contribution in [0.5, 0.6) is 0 Å². The number of carbonyl (C=O) groups excluding carboxylic acids is 1. The summed E-state index contributed by atoms with van der Waals surface area (Å²) in [5, 5.41) is 6.33. The minimum atomic E-state index is 0.0462. The Bertz CT molecular complexity index is 555. The molecule has 0 bridgehead atoms. The van der Waals surface area contributed by atoms with Crippen LogP contribution in [0.3, 0.4) is 0 Å². The molecule has 0 spiro atoms. The third kappa shape index (κ3) is 2.97. The fraction of sp³-hybridized carbons (Fsp3) is 0.562. The Morgan fingerprint density at radius 2 is 2.29 bits per heavy atom. The Labute approximate surface area is 125 Å². The third-order valence-corrected chi connectivity index (χ3v) is 4.53. The van der Waals surface area contributed by atoms with Crippen molar-refractivity contribution in [3.8, 4) is 0 Å². The Morgan fingerprint density at radius 3 is 3.00 bits per heavy atom. The zero-order valence-corrected chi connectivity index (χ0v) is 12.8. The summed E-state index contributed by atoms with van der Waals surface area (Å²) >= 11 is 0. The van der Waals surface area contributed by atoms with Crippen LogP contribution in [0.25, 0.3) is 0 Å². The lowest BCUT2D eigenvalue weighted by molar-refractivity contribution is -0.115. The second kappa shape index (κ2) is 5.56. The highest BCUT2D eigenvalue weighted by Crippen LogP contribution is 2.32. The summed E-state index contributed by atoms with van der Waals surface area (Å²) < 4.78 is 0. The van der Waals surface area contributed by atoms with E-state index in [4.69, 9.17) is 5.73 Å². The van der Waals surface area contributed by atoms with Crippen molar-refractivity contribution in [1.29, 1.82) is 0 Å². The van der Waals surface area contributed by atoms with Crippen LogP contribution >= 0.6 is 0 Å². The van der Waals surface area contributed by atoms with Gasteiger partial charge in [-0.25, -0.2) is 0 Å². The van der Waals surface area contributed by atoms with Crippen molar-refractivity contribution < 1.29 is 4.79 Å². The fourth-order valence-corrected chi connectivity index (χ4v) is 3.20. The van der Waals surface area contributed by atoms with Gasteiger partial charge in [-0.2, -0.15) is 0 Å². The maximum absolute atomic E-state index is 11.4. The summed E-state index contributed by atoms with van der Waals surface area (Å²) in [5.74, 6) is 0.708. The van der Waals surface area contributed by atoms with Gasteiger partial charge in [-0.3, -0.25) is 4.79 Å². The lowest BCUT2D eigenvalue weighted by Crippen LogP contribution is -2.29. The monoisotopic (exact) mass is 288 g/mol. The molecule has 1 atom stereocenters.